The van der Waals surface area contributed by atoms with Crippen molar-refractivity contribution in [2.45, 2.75) is 58.5 Å². The van der Waals surface area contributed by atoms with E-state index in [0.717, 1.165) is 65.6 Å². The second-order valence-corrected chi connectivity index (χ2v) is 10.6. The van der Waals surface area contributed by atoms with E-state index in [1.807, 2.05) is 0 Å². The average Bonchev–Trinajstić information content (AvgIpc) is 3.36. The van der Waals surface area contributed by atoms with E-state index in [2.05, 4.69) is 13.5 Å². The normalized spacial score (nSPS) is 59.3. The smallest absolute Gasteiger partial charge is 0.333 e. The molecule has 0 saturated heterocycles. The molecule has 136 valence electrons. The first-order valence-electron chi connectivity index (χ1n) is 10.9. The Bertz CT molecular complexity index is 638. The minimum absolute atomic E-state index is 0.152. The van der Waals surface area contributed by atoms with Crippen molar-refractivity contribution in [2.75, 3.05) is 0 Å². The molecule has 6 rings (SSSR count). The molecular weight excluding hydrogens is 308 g/mol. The SMILES string of the molecule is C=C(C)C(=O)OC1CC2CC1C1C3CC(C4C5CC(CC)C(C5)C34)C21. The zero-order chi connectivity index (χ0) is 17.0. The molecule has 0 spiro atoms. The summed E-state index contributed by atoms with van der Waals surface area (Å²) in [5.74, 6) is 10.6. The number of ether oxygens (including phenoxy) is 1. The molecular formula is C23H32O2. The molecule has 2 nitrogen and oxygen atoms in total. The minimum atomic E-state index is -0.152. The second kappa shape index (κ2) is 4.93. The van der Waals surface area contributed by atoms with E-state index in [0.29, 0.717) is 11.5 Å². The van der Waals surface area contributed by atoms with Crippen molar-refractivity contribution in [3.8, 4) is 0 Å². The molecule has 0 amide bonds. The monoisotopic (exact) mass is 340 g/mol. The number of hydrogen-bond acceptors (Lipinski definition) is 2. The summed E-state index contributed by atoms with van der Waals surface area (Å²) in [5, 5.41) is 0. The first-order valence-corrected chi connectivity index (χ1v) is 10.9. The predicted molar refractivity (Wildman–Crippen MR) is 96.5 cm³/mol. The van der Waals surface area contributed by atoms with Gasteiger partial charge in [-0.05, 0) is 104 Å². The summed E-state index contributed by atoms with van der Waals surface area (Å²) in [4.78, 5) is 12.1. The zero-order valence-corrected chi connectivity index (χ0v) is 15.7. The van der Waals surface area contributed by atoms with Gasteiger partial charge in [0.1, 0.15) is 6.10 Å². The maximum Gasteiger partial charge on any atom is 0.333 e. The van der Waals surface area contributed by atoms with Crippen molar-refractivity contribution in [1.82, 2.24) is 0 Å². The molecule has 12 unspecified atom stereocenters. The van der Waals surface area contributed by atoms with Gasteiger partial charge >= 0.3 is 5.97 Å². The fraction of sp³-hybridized carbons (Fsp3) is 0.870. The molecule has 0 aliphatic heterocycles. The van der Waals surface area contributed by atoms with E-state index in [-0.39, 0.29) is 12.1 Å². The van der Waals surface area contributed by atoms with Gasteiger partial charge in [0.05, 0.1) is 0 Å². The molecule has 0 aromatic carbocycles. The topological polar surface area (TPSA) is 26.3 Å². The quantitative estimate of drug-likeness (QED) is 0.423. The van der Waals surface area contributed by atoms with E-state index in [4.69, 9.17) is 4.74 Å². The fourth-order valence-electron chi connectivity index (χ4n) is 9.75. The lowest BCUT2D eigenvalue weighted by atomic mass is 9.58. The third kappa shape index (κ3) is 1.75. The summed E-state index contributed by atoms with van der Waals surface area (Å²) < 4.78 is 5.90. The molecule has 0 aromatic rings. The van der Waals surface area contributed by atoms with Crippen LogP contribution in [0.5, 0.6) is 0 Å². The van der Waals surface area contributed by atoms with Gasteiger partial charge in [-0.2, -0.15) is 0 Å². The molecule has 0 heterocycles. The van der Waals surface area contributed by atoms with Gasteiger partial charge in [-0.25, -0.2) is 4.79 Å². The van der Waals surface area contributed by atoms with Crippen molar-refractivity contribution < 1.29 is 9.53 Å². The van der Waals surface area contributed by atoms with Crippen molar-refractivity contribution in [1.29, 1.82) is 0 Å². The Labute approximate surface area is 151 Å². The Morgan fingerprint density at radius 1 is 0.880 bits per heavy atom. The van der Waals surface area contributed by atoms with E-state index in [1.54, 1.807) is 19.8 Å². The third-order valence-corrected chi connectivity index (χ3v) is 9.99. The number of carbonyl (C=O) groups is 1. The Balaban J connectivity index is 1.27. The van der Waals surface area contributed by atoms with Crippen LogP contribution in [0.3, 0.4) is 0 Å². The largest absolute Gasteiger partial charge is 0.459 e. The van der Waals surface area contributed by atoms with Gasteiger partial charge in [0.2, 0.25) is 0 Å². The van der Waals surface area contributed by atoms with Gasteiger partial charge in [0.15, 0.2) is 0 Å². The van der Waals surface area contributed by atoms with Crippen LogP contribution in [0, 0.1) is 65.1 Å². The highest BCUT2D eigenvalue weighted by Crippen LogP contribution is 2.77. The highest BCUT2D eigenvalue weighted by Gasteiger charge is 2.72. The van der Waals surface area contributed by atoms with Crippen LogP contribution in [-0.2, 0) is 9.53 Å². The van der Waals surface area contributed by atoms with Crippen molar-refractivity contribution in [3.63, 3.8) is 0 Å². The van der Waals surface area contributed by atoms with Gasteiger partial charge in [-0.3, -0.25) is 0 Å². The molecule has 6 saturated carbocycles. The molecule has 2 heteroatoms. The summed E-state index contributed by atoms with van der Waals surface area (Å²) in [7, 11) is 0. The predicted octanol–water partition coefficient (Wildman–Crippen LogP) is 4.69. The number of hydrogen-bond donors (Lipinski definition) is 0. The molecule has 6 aliphatic carbocycles. The van der Waals surface area contributed by atoms with Gasteiger partial charge in [-0.15, -0.1) is 0 Å². The Morgan fingerprint density at radius 2 is 1.52 bits per heavy atom. The summed E-state index contributed by atoms with van der Waals surface area (Å²) in [6.45, 7) is 7.97. The molecule has 0 aromatic heterocycles. The molecule has 6 fully saturated rings. The van der Waals surface area contributed by atoms with E-state index >= 15 is 0 Å². The number of esters is 1. The minimum Gasteiger partial charge on any atom is -0.459 e. The number of fused-ring (bicyclic) bond motifs is 16. The first-order chi connectivity index (χ1) is 12.1. The summed E-state index contributed by atoms with van der Waals surface area (Å²) >= 11 is 0. The highest BCUT2D eigenvalue weighted by atomic mass is 16.5. The van der Waals surface area contributed by atoms with Gasteiger partial charge in [0.25, 0.3) is 0 Å². The van der Waals surface area contributed by atoms with E-state index < -0.39 is 0 Å². The molecule has 25 heavy (non-hydrogen) atoms. The highest BCUT2D eigenvalue weighted by molar-refractivity contribution is 5.87. The van der Waals surface area contributed by atoms with Crippen LogP contribution in [0.25, 0.3) is 0 Å². The lowest BCUT2D eigenvalue weighted by Gasteiger charge is -2.48. The zero-order valence-electron chi connectivity index (χ0n) is 15.7. The maximum absolute atomic E-state index is 12.1. The van der Waals surface area contributed by atoms with Crippen LogP contribution in [0.4, 0.5) is 0 Å². The molecule has 6 bridgehead atoms. The Hall–Kier alpha value is -0.790. The lowest BCUT2D eigenvalue weighted by Crippen LogP contribution is -2.45. The first kappa shape index (κ1) is 15.3. The second-order valence-electron chi connectivity index (χ2n) is 10.6. The maximum atomic E-state index is 12.1. The molecule has 0 N–H and O–H groups in total. The molecule has 6 aliphatic rings. The van der Waals surface area contributed by atoms with Crippen LogP contribution >= 0.6 is 0 Å². The molecule has 0 radical (unpaired) electrons. The third-order valence-electron chi connectivity index (χ3n) is 9.99. The van der Waals surface area contributed by atoms with Gasteiger partial charge < -0.3 is 4.74 Å². The lowest BCUT2D eigenvalue weighted by molar-refractivity contribution is -0.150. The summed E-state index contributed by atoms with van der Waals surface area (Å²) in [6.07, 6.45) is 8.75. The van der Waals surface area contributed by atoms with Crippen LogP contribution in [-0.4, -0.2) is 12.1 Å². The standard InChI is InChI=1S/C23H32O2/c1-4-11-5-12-6-14(11)21-17-9-16(19(12)21)20-13-7-15(22(17)20)18(8-13)25-23(24)10(2)3/h11-22H,2,4-9H2,1,3H3. The van der Waals surface area contributed by atoms with Gasteiger partial charge in [0, 0.05) is 5.57 Å². The number of rotatable bonds is 3. The van der Waals surface area contributed by atoms with Crippen LogP contribution in [0.1, 0.15) is 52.4 Å². The van der Waals surface area contributed by atoms with Crippen LogP contribution in [0.15, 0.2) is 12.2 Å². The average molecular weight is 341 g/mol. The van der Waals surface area contributed by atoms with Crippen LogP contribution < -0.4 is 0 Å². The van der Waals surface area contributed by atoms with E-state index in [9.17, 15) is 4.79 Å². The Kier molecular flexibility index (Phi) is 3.01. The van der Waals surface area contributed by atoms with Gasteiger partial charge in [-0.1, -0.05) is 19.9 Å². The van der Waals surface area contributed by atoms with Crippen molar-refractivity contribution in [2.24, 2.45) is 65.1 Å². The summed E-state index contributed by atoms with van der Waals surface area (Å²) in [6, 6.07) is 0. The van der Waals surface area contributed by atoms with Crippen molar-refractivity contribution >= 4 is 5.97 Å². The van der Waals surface area contributed by atoms with E-state index in [1.165, 1.54) is 19.3 Å². The van der Waals surface area contributed by atoms with Crippen molar-refractivity contribution in [3.05, 3.63) is 12.2 Å². The number of carbonyl (C=O) groups excluding carboxylic acids is 1. The summed E-state index contributed by atoms with van der Waals surface area (Å²) in [5.41, 5.74) is 0.561. The molecule has 12 atom stereocenters. The fourth-order valence-corrected chi connectivity index (χ4v) is 9.75. The Morgan fingerprint density at radius 3 is 2.24 bits per heavy atom. The van der Waals surface area contributed by atoms with Crippen LogP contribution in [0.2, 0.25) is 0 Å².